The van der Waals surface area contributed by atoms with Gasteiger partial charge in [0.1, 0.15) is 4.88 Å². The molecule has 0 fully saturated rings. The fraction of sp³-hybridized carbons (Fsp3) is 0.250. The van der Waals surface area contributed by atoms with Gasteiger partial charge in [-0.05, 0) is 13.8 Å². The Hall–Kier alpha value is -2.19. The molecule has 0 amide bonds. The third-order valence-corrected chi connectivity index (χ3v) is 5.39. The number of ketones is 1. The quantitative estimate of drug-likeness (QED) is 0.381. The maximum absolute atomic E-state index is 12.2. The van der Waals surface area contributed by atoms with Crippen LogP contribution in [0.2, 0.25) is 0 Å². The Labute approximate surface area is 146 Å². The van der Waals surface area contributed by atoms with Gasteiger partial charge in [-0.3, -0.25) is 9.20 Å². The first-order valence-electron chi connectivity index (χ1n) is 7.34. The molecule has 124 valence electrons. The van der Waals surface area contributed by atoms with Gasteiger partial charge in [0, 0.05) is 11.3 Å². The monoisotopic (exact) mass is 361 g/mol. The molecule has 0 saturated heterocycles. The van der Waals surface area contributed by atoms with E-state index in [0.29, 0.717) is 27.2 Å². The lowest BCUT2D eigenvalue weighted by atomic mass is 10.2. The van der Waals surface area contributed by atoms with Crippen molar-refractivity contribution in [3.63, 3.8) is 0 Å². The Morgan fingerprint density at radius 2 is 2.00 bits per heavy atom. The van der Waals surface area contributed by atoms with E-state index in [1.165, 1.54) is 23.1 Å². The number of ether oxygens (including phenoxy) is 1. The predicted octanol–water partition coefficient (Wildman–Crippen LogP) is 3.25. The number of carbonyl (C=O) groups is 2. The number of hydrogen-bond donors (Lipinski definition) is 0. The number of aromatic nitrogens is 3. The first kappa shape index (κ1) is 16.7. The molecule has 1 aromatic carbocycles. The molecule has 3 rings (SSSR count). The molecular formula is C16H15N3O3S2. The number of carbonyl (C=O) groups excluding carboxylic acids is 2. The van der Waals surface area contributed by atoms with E-state index in [9.17, 15) is 9.59 Å². The molecule has 3 aromatic rings. The zero-order valence-corrected chi connectivity index (χ0v) is 14.8. The number of rotatable bonds is 6. The standard InChI is InChI=1S/C16H15N3O3S2/c1-3-22-14(21)13-10(2)19-15(17-18-16(19)24-13)23-9-12(20)11-7-5-4-6-8-11/h4-8H,3,9H2,1-2H3. The first-order chi connectivity index (χ1) is 11.6. The summed E-state index contributed by atoms with van der Waals surface area (Å²) in [6, 6.07) is 9.12. The molecular weight excluding hydrogens is 346 g/mol. The molecule has 8 heteroatoms. The molecule has 0 N–H and O–H groups in total. The van der Waals surface area contributed by atoms with Crippen molar-refractivity contribution >= 4 is 39.8 Å². The van der Waals surface area contributed by atoms with Gasteiger partial charge in [-0.1, -0.05) is 53.4 Å². The van der Waals surface area contributed by atoms with Gasteiger partial charge in [0.15, 0.2) is 10.9 Å². The van der Waals surface area contributed by atoms with Crippen molar-refractivity contribution in [3.05, 3.63) is 46.5 Å². The van der Waals surface area contributed by atoms with Crippen LogP contribution >= 0.6 is 23.1 Å². The third kappa shape index (κ3) is 3.20. The summed E-state index contributed by atoms with van der Waals surface area (Å²) in [7, 11) is 0. The normalized spacial score (nSPS) is 10.9. The summed E-state index contributed by atoms with van der Waals surface area (Å²) in [6.45, 7) is 3.91. The molecule has 0 aliphatic rings. The minimum Gasteiger partial charge on any atom is -0.462 e. The van der Waals surface area contributed by atoms with Crippen molar-refractivity contribution in [1.29, 1.82) is 0 Å². The van der Waals surface area contributed by atoms with Gasteiger partial charge in [-0.25, -0.2) is 4.79 Å². The van der Waals surface area contributed by atoms with Crippen LogP contribution in [0.1, 0.15) is 32.6 Å². The van der Waals surface area contributed by atoms with Gasteiger partial charge in [0.05, 0.1) is 12.4 Å². The predicted molar refractivity (Wildman–Crippen MR) is 93.1 cm³/mol. The summed E-state index contributed by atoms with van der Waals surface area (Å²) >= 11 is 2.55. The molecule has 2 heterocycles. The number of esters is 1. The van der Waals surface area contributed by atoms with Gasteiger partial charge in [-0.15, -0.1) is 10.2 Å². The third-order valence-electron chi connectivity index (χ3n) is 3.35. The highest BCUT2D eigenvalue weighted by atomic mass is 32.2. The molecule has 24 heavy (non-hydrogen) atoms. The number of thiazole rings is 1. The molecule has 0 aliphatic heterocycles. The highest BCUT2D eigenvalue weighted by Gasteiger charge is 2.21. The molecule has 0 bridgehead atoms. The zero-order valence-electron chi connectivity index (χ0n) is 13.2. The Bertz CT molecular complexity index is 887. The Morgan fingerprint density at radius 3 is 2.71 bits per heavy atom. The van der Waals surface area contributed by atoms with E-state index in [-0.39, 0.29) is 17.5 Å². The lowest BCUT2D eigenvalue weighted by Crippen LogP contribution is -2.06. The van der Waals surface area contributed by atoms with Crippen molar-refractivity contribution in [2.24, 2.45) is 0 Å². The second-order valence-electron chi connectivity index (χ2n) is 4.92. The molecule has 0 saturated carbocycles. The number of aryl methyl sites for hydroxylation is 1. The summed E-state index contributed by atoms with van der Waals surface area (Å²) in [5.74, 6) is -0.0767. The van der Waals surface area contributed by atoms with Crippen molar-refractivity contribution in [1.82, 2.24) is 14.6 Å². The number of hydrogen-bond acceptors (Lipinski definition) is 7. The van der Waals surface area contributed by atoms with Crippen LogP contribution in [0.5, 0.6) is 0 Å². The van der Waals surface area contributed by atoms with Crippen LogP contribution in [-0.2, 0) is 4.74 Å². The van der Waals surface area contributed by atoms with Crippen LogP contribution in [0.25, 0.3) is 4.96 Å². The number of nitrogens with zero attached hydrogens (tertiary/aromatic N) is 3. The van der Waals surface area contributed by atoms with Crippen LogP contribution in [0, 0.1) is 6.92 Å². The minimum atomic E-state index is -0.359. The largest absolute Gasteiger partial charge is 0.462 e. The second-order valence-corrected chi connectivity index (χ2v) is 6.84. The van der Waals surface area contributed by atoms with Gasteiger partial charge in [-0.2, -0.15) is 0 Å². The minimum absolute atomic E-state index is 0.0239. The van der Waals surface area contributed by atoms with Crippen molar-refractivity contribution in [2.45, 2.75) is 19.0 Å². The van der Waals surface area contributed by atoms with Crippen molar-refractivity contribution in [3.8, 4) is 0 Å². The van der Waals surface area contributed by atoms with Crippen LogP contribution < -0.4 is 0 Å². The van der Waals surface area contributed by atoms with Crippen LogP contribution in [-0.4, -0.2) is 38.7 Å². The molecule has 0 radical (unpaired) electrons. The average molecular weight is 361 g/mol. The fourth-order valence-electron chi connectivity index (χ4n) is 2.19. The summed E-state index contributed by atoms with van der Waals surface area (Å²) < 4.78 is 6.84. The summed E-state index contributed by atoms with van der Waals surface area (Å²) in [6.07, 6.45) is 0. The van der Waals surface area contributed by atoms with Crippen molar-refractivity contribution in [2.75, 3.05) is 12.4 Å². The highest BCUT2D eigenvalue weighted by Crippen LogP contribution is 2.28. The Balaban J connectivity index is 1.80. The number of thioether (sulfide) groups is 1. The molecule has 0 atom stereocenters. The van der Waals surface area contributed by atoms with Crippen LogP contribution in [0.15, 0.2) is 35.5 Å². The van der Waals surface area contributed by atoms with E-state index in [1.54, 1.807) is 23.5 Å². The van der Waals surface area contributed by atoms with Gasteiger partial charge >= 0.3 is 5.97 Å². The molecule has 0 spiro atoms. The van der Waals surface area contributed by atoms with Crippen LogP contribution in [0.3, 0.4) is 0 Å². The maximum Gasteiger partial charge on any atom is 0.350 e. The van der Waals surface area contributed by atoms with E-state index in [4.69, 9.17) is 4.74 Å². The molecule has 2 aromatic heterocycles. The fourth-order valence-corrected chi connectivity index (χ4v) is 4.09. The van der Waals surface area contributed by atoms with Gasteiger partial charge in [0.2, 0.25) is 4.96 Å². The van der Waals surface area contributed by atoms with E-state index >= 15 is 0 Å². The number of Topliss-reactive ketones (excluding diaryl/α,β-unsaturated/α-hetero) is 1. The topological polar surface area (TPSA) is 73.6 Å². The Morgan fingerprint density at radius 1 is 1.25 bits per heavy atom. The summed E-state index contributed by atoms with van der Waals surface area (Å²) in [5.41, 5.74) is 1.40. The van der Waals surface area contributed by atoms with Crippen molar-refractivity contribution < 1.29 is 14.3 Å². The van der Waals surface area contributed by atoms with Crippen LogP contribution in [0.4, 0.5) is 0 Å². The average Bonchev–Trinajstić information content (AvgIpc) is 3.14. The first-order valence-corrected chi connectivity index (χ1v) is 9.14. The van der Waals surface area contributed by atoms with Gasteiger partial charge < -0.3 is 4.74 Å². The lowest BCUT2D eigenvalue weighted by Gasteiger charge is -2.02. The number of fused-ring (bicyclic) bond motifs is 1. The number of benzene rings is 1. The zero-order chi connectivity index (χ0) is 17.1. The molecule has 6 nitrogen and oxygen atoms in total. The van der Waals surface area contributed by atoms with E-state index in [1.807, 2.05) is 25.1 Å². The van der Waals surface area contributed by atoms with E-state index < -0.39 is 0 Å². The van der Waals surface area contributed by atoms with E-state index in [2.05, 4.69) is 10.2 Å². The maximum atomic E-state index is 12.2. The second kappa shape index (κ2) is 7.14. The smallest absolute Gasteiger partial charge is 0.350 e. The van der Waals surface area contributed by atoms with Gasteiger partial charge in [0.25, 0.3) is 0 Å². The van der Waals surface area contributed by atoms with E-state index in [0.717, 1.165) is 5.69 Å². The summed E-state index contributed by atoms with van der Waals surface area (Å²) in [5, 5.41) is 8.79. The lowest BCUT2D eigenvalue weighted by molar-refractivity contribution is 0.0530. The molecule has 0 aliphatic carbocycles. The summed E-state index contributed by atoms with van der Waals surface area (Å²) in [4.78, 5) is 25.3. The highest BCUT2D eigenvalue weighted by molar-refractivity contribution is 7.99. The Kier molecular flexibility index (Phi) is 4.96. The molecule has 0 unspecified atom stereocenters. The SMILES string of the molecule is CCOC(=O)c1sc2nnc(SCC(=O)c3ccccc3)n2c1C.